The molecule has 2 amide bonds. The Morgan fingerprint density at radius 3 is 2.37 bits per heavy atom. The maximum atomic E-state index is 11.5. The van der Waals surface area contributed by atoms with Gasteiger partial charge in [0.15, 0.2) is 0 Å². The van der Waals surface area contributed by atoms with Crippen LogP contribution < -0.4 is 10.6 Å². The molecule has 6 nitrogen and oxygen atoms in total. The monoisotopic (exact) mass is 273 g/mol. The Labute approximate surface area is 115 Å². The van der Waals surface area contributed by atoms with Gasteiger partial charge < -0.3 is 20.6 Å². The second-order valence-electron chi connectivity index (χ2n) is 5.25. The number of carboxylic acids is 1. The van der Waals surface area contributed by atoms with Gasteiger partial charge in [-0.15, -0.1) is 0 Å². The Balaban J connectivity index is 3.61. The summed E-state index contributed by atoms with van der Waals surface area (Å²) in [6, 6.07) is 0.264. The fourth-order valence-electron chi connectivity index (χ4n) is 1.41. The summed E-state index contributed by atoms with van der Waals surface area (Å²) in [6.45, 7) is 8.03. The summed E-state index contributed by atoms with van der Waals surface area (Å²) in [4.78, 5) is 24.0. The third kappa shape index (κ3) is 10.3. The third-order valence-electron chi connectivity index (χ3n) is 3.09. The molecule has 0 heterocycles. The van der Waals surface area contributed by atoms with E-state index in [0.717, 1.165) is 6.54 Å². The molecule has 0 aromatic carbocycles. The molecule has 0 saturated carbocycles. The molecule has 0 aliphatic heterocycles. The van der Waals surface area contributed by atoms with Crippen LogP contribution in [0.15, 0.2) is 0 Å². The van der Waals surface area contributed by atoms with E-state index >= 15 is 0 Å². The van der Waals surface area contributed by atoms with Crippen molar-refractivity contribution in [3.8, 4) is 0 Å². The number of likely N-dealkylation sites (N-methyl/N-ethyl adjacent to an activating group) is 1. The molecule has 0 saturated heterocycles. The largest absolute Gasteiger partial charge is 0.481 e. The first-order valence-corrected chi connectivity index (χ1v) is 6.76. The van der Waals surface area contributed by atoms with Crippen molar-refractivity contribution in [2.24, 2.45) is 5.92 Å². The van der Waals surface area contributed by atoms with Gasteiger partial charge in [-0.3, -0.25) is 4.79 Å². The van der Waals surface area contributed by atoms with E-state index in [0.29, 0.717) is 25.6 Å². The lowest BCUT2D eigenvalue weighted by Crippen LogP contribution is -2.42. The minimum Gasteiger partial charge on any atom is -0.481 e. The maximum absolute atomic E-state index is 11.5. The molecule has 6 heteroatoms. The number of carbonyl (C=O) groups excluding carboxylic acids is 1. The molecule has 0 radical (unpaired) electrons. The number of nitrogens with zero attached hydrogens (tertiary/aromatic N) is 1. The number of carboxylic acid groups (broad SMARTS) is 1. The first kappa shape index (κ1) is 17.7. The van der Waals surface area contributed by atoms with Crippen LogP contribution in [0.25, 0.3) is 0 Å². The van der Waals surface area contributed by atoms with Gasteiger partial charge >= 0.3 is 12.0 Å². The van der Waals surface area contributed by atoms with E-state index < -0.39 is 5.97 Å². The molecule has 112 valence electrons. The van der Waals surface area contributed by atoms with Crippen molar-refractivity contribution in [1.29, 1.82) is 0 Å². The van der Waals surface area contributed by atoms with E-state index in [1.165, 1.54) is 0 Å². The molecule has 0 aliphatic rings. The predicted molar refractivity (Wildman–Crippen MR) is 75.2 cm³/mol. The van der Waals surface area contributed by atoms with Crippen LogP contribution in [-0.4, -0.2) is 54.7 Å². The van der Waals surface area contributed by atoms with Gasteiger partial charge in [-0.05, 0) is 33.2 Å². The number of aliphatic carboxylic acids is 1. The molecule has 0 spiro atoms. The zero-order valence-electron chi connectivity index (χ0n) is 12.4. The van der Waals surface area contributed by atoms with E-state index in [4.69, 9.17) is 5.11 Å². The molecule has 0 aliphatic carbocycles. The average Bonchev–Trinajstić information content (AvgIpc) is 2.33. The zero-order valence-corrected chi connectivity index (χ0v) is 12.4. The summed E-state index contributed by atoms with van der Waals surface area (Å²) in [5.41, 5.74) is 0. The first-order valence-electron chi connectivity index (χ1n) is 6.76. The smallest absolute Gasteiger partial charge is 0.314 e. The highest BCUT2D eigenvalue weighted by atomic mass is 16.4. The number of carbonyl (C=O) groups is 2. The van der Waals surface area contributed by atoms with Crippen LogP contribution in [0.2, 0.25) is 0 Å². The highest BCUT2D eigenvalue weighted by Gasteiger charge is 2.08. The Bertz CT molecular complexity index is 282. The molecule has 0 fully saturated rings. The van der Waals surface area contributed by atoms with E-state index in [-0.39, 0.29) is 18.4 Å². The number of urea groups is 1. The number of amides is 2. The van der Waals surface area contributed by atoms with Crippen molar-refractivity contribution in [3.05, 3.63) is 0 Å². The Morgan fingerprint density at radius 1 is 1.21 bits per heavy atom. The third-order valence-corrected chi connectivity index (χ3v) is 3.09. The highest BCUT2D eigenvalue weighted by molar-refractivity contribution is 5.73. The summed E-state index contributed by atoms with van der Waals surface area (Å²) in [7, 11) is 2.01. The highest BCUT2D eigenvalue weighted by Crippen LogP contribution is 2.03. The molecule has 0 aromatic heterocycles. The van der Waals surface area contributed by atoms with Crippen LogP contribution in [0.5, 0.6) is 0 Å². The van der Waals surface area contributed by atoms with E-state index in [2.05, 4.69) is 29.4 Å². The van der Waals surface area contributed by atoms with Gasteiger partial charge in [0.1, 0.15) is 0 Å². The Kier molecular flexibility index (Phi) is 8.95. The molecule has 1 atom stereocenters. The summed E-state index contributed by atoms with van der Waals surface area (Å²) < 4.78 is 0. The molecular formula is C13H27N3O3. The van der Waals surface area contributed by atoms with Crippen molar-refractivity contribution in [3.63, 3.8) is 0 Å². The maximum Gasteiger partial charge on any atom is 0.314 e. The zero-order chi connectivity index (χ0) is 14.8. The number of hydrogen-bond acceptors (Lipinski definition) is 3. The van der Waals surface area contributed by atoms with Crippen molar-refractivity contribution >= 4 is 12.0 Å². The van der Waals surface area contributed by atoms with Gasteiger partial charge in [-0.2, -0.15) is 0 Å². The lowest BCUT2D eigenvalue weighted by atomic mass is 10.1. The van der Waals surface area contributed by atoms with Gasteiger partial charge in [0.05, 0.1) is 0 Å². The lowest BCUT2D eigenvalue weighted by Gasteiger charge is -2.21. The fourth-order valence-corrected chi connectivity index (χ4v) is 1.41. The fraction of sp³-hybridized carbons (Fsp3) is 0.846. The van der Waals surface area contributed by atoms with E-state index in [9.17, 15) is 9.59 Å². The van der Waals surface area contributed by atoms with E-state index in [1.54, 1.807) is 0 Å². The van der Waals surface area contributed by atoms with Crippen LogP contribution in [-0.2, 0) is 4.79 Å². The molecule has 0 rings (SSSR count). The summed E-state index contributed by atoms with van der Waals surface area (Å²) in [5.74, 6) is -0.631. The summed E-state index contributed by atoms with van der Waals surface area (Å²) >= 11 is 0. The minimum atomic E-state index is -0.798. The van der Waals surface area contributed by atoms with Crippen molar-refractivity contribution in [2.75, 3.05) is 26.7 Å². The normalized spacial score (nSPS) is 12.5. The summed E-state index contributed by atoms with van der Waals surface area (Å²) in [6.07, 6.45) is 0.718. The topological polar surface area (TPSA) is 81.7 Å². The predicted octanol–water partition coefficient (Wildman–Crippen LogP) is 1.13. The van der Waals surface area contributed by atoms with Gasteiger partial charge in [-0.1, -0.05) is 6.92 Å². The van der Waals surface area contributed by atoms with Crippen molar-refractivity contribution < 1.29 is 14.7 Å². The van der Waals surface area contributed by atoms with Gasteiger partial charge in [0, 0.05) is 32.1 Å². The quantitative estimate of drug-likeness (QED) is 0.588. The van der Waals surface area contributed by atoms with E-state index in [1.807, 2.05) is 14.0 Å². The molecule has 1 unspecified atom stereocenters. The molecular weight excluding hydrogens is 246 g/mol. The van der Waals surface area contributed by atoms with Gasteiger partial charge in [0.25, 0.3) is 0 Å². The standard InChI is InChI=1S/C13H27N3O3/c1-10(2)16(4)8-7-14-13(19)15-9-11(3)5-6-12(17)18/h10-11H,5-9H2,1-4H3,(H,17,18)(H2,14,15,19). The second kappa shape index (κ2) is 9.61. The van der Waals surface area contributed by atoms with Gasteiger partial charge in [-0.25, -0.2) is 4.79 Å². The van der Waals surface area contributed by atoms with Crippen LogP contribution in [0.1, 0.15) is 33.6 Å². The van der Waals surface area contributed by atoms with Crippen LogP contribution in [0.4, 0.5) is 4.79 Å². The molecule has 0 aromatic rings. The van der Waals surface area contributed by atoms with Crippen LogP contribution >= 0.6 is 0 Å². The van der Waals surface area contributed by atoms with Gasteiger partial charge in [0.2, 0.25) is 0 Å². The SMILES string of the molecule is CC(CCC(=O)O)CNC(=O)NCCN(C)C(C)C. The average molecular weight is 273 g/mol. The molecule has 0 bridgehead atoms. The summed E-state index contributed by atoms with van der Waals surface area (Å²) in [5, 5.41) is 14.1. The Morgan fingerprint density at radius 2 is 1.84 bits per heavy atom. The minimum absolute atomic E-state index is 0.143. The van der Waals surface area contributed by atoms with Crippen molar-refractivity contribution in [1.82, 2.24) is 15.5 Å². The number of hydrogen-bond donors (Lipinski definition) is 3. The first-order chi connectivity index (χ1) is 8.82. The molecule has 19 heavy (non-hydrogen) atoms. The van der Waals surface area contributed by atoms with Crippen molar-refractivity contribution in [2.45, 2.75) is 39.7 Å². The number of nitrogens with one attached hydrogen (secondary N) is 2. The van der Waals surface area contributed by atoms with Crippen LogP contribution in [0, 0.1) is 5.92 Å². The molecule has 3 N–H and O–H groups in total. The number of rotatable bonds is 9. The Hall–Kier alpha value is -1.30. The lowest BCUT2D eigenvalue weighted by molar-refractivity contribution is -0.137. The second-order valence-corrected chi connectivity index (χ2v) is 5.25. The van der Waals surface area contributed by atoms with Crippen LogP contribution in [0.3, 0.4) is 0 Å².